The van der Waals surface area contributed by atoms with Crippen molar-refractivity contribution >= 4 is 5.91 Å². The maximum Gasteiger partial charge on any atom is 0.267 e. The minimum atomic E-state index is -0.294. The Bertz CT molecular complexity index is 380. The van der Waals surface area contributed by atoms with Crippen molar-refractivity contribution in [2.75, 3.05) is 6.54 Å². The Balaban J connectivity index is 2.62. The van der Waals surface area contributed by atoms with Gasteiger partial charge in [-0.1, -0.05) is 20.8 Å². The lowest BCUT2D eigenvalue weighted by atomic mass is 9.94. The Morgan fingerprint density at radius 3 is 2.61 bits per heavy atom. The van der Waals surface area contributed by atoms with E-state index < -0.39 is 0 Å². The molecule has 1 heterocycles. The lowest BCUT2D eigenvalue weighted by Gasteiger charge is -2.26. The lowest BCUT2D eigenvalue weighted by molar-refractivity contribution is 0.0932. The summed E-state index contributed by atoms with van der Waals surface area (Å²) in [6, 6.07) is 3.75. The topological polar surface area (TPSA) is 60.0 Å². The first-order chi connectivity index (χ1) is 8.56. The molecule has 0 bridgehead atoms. The SMILES string of the molecule is CCCn1cccc1C(=O)NCC(N)(CC)CC. The second kappa shape index (κ2) is 6.59. The first-order valence-corrected chi connectivity index (χ1v) is 6.78. The molecule has 0 atom stereocenters. The summed E-state index contributed by atoms with van der Waals surface area (Å²) in [6.45, 7) is 7.59. The Morgan fingerprint density at radius 2 is 2.06 bits per heavy atom. The molecule has 102 valence electrons. The third kappa shape index (κ3) is 3.60. The van der Waals surface area contributed by atoms with E-state index in [-0.39, 0.29) is 11.4 Å². The van der Waals surface area contributed by atoms with Crippen molar-refractivity contribution in [3.8, 4) is 0 Å². The fourth-order valence-electron chi connectivity index (χ4n) is 1.90. The van der Waals surface area contributed by atoms with Crippen LogP contribution in [0.15, 0.2) is 18.3 Å². The van der Waals surface area contributed by atoms with E-state index >= 15 is 0 Å². The van der Waals surface area contributed by atoms with Gasteiger partial charge in [0.2, 0.25) is 0 Å². The first kappa shape index (κ1) is 14.8. The van der Waals surface area contributed by atoms with Gasteiger partial charge in [-0.15, -0.1) is 0 Å². The van der Waals surface area contributed by atoms with Gasteiger partial charge in [-0.05, 0) is 31.4 Å². The average Bonchev–Trinajstić information content (AvgIpc) is 2.84. The van der Waals surface area contributed by atoms with E-state index in [0.717, 1.165) is 25.8 Å². The Hall–Kier alpha value is -1.29. The van der Waals surface area contributed by atoms with E-state index in [1.807, 2.05) is 22.9 Å². The molecule has 1 aromatic rings. The molecule has 0 radical (unpaired) electrons. The molecule has 0 saturated heterocycles. The van der Waals surface area contributed by atoms with Gasteiger partial charge in [0.05, 0.1) is 0 Å². The van der Waals surface area contributed by atoms with Crippen LogP contribution >= 0.6 is 0 Å². The molecule has 18 heavy (non-hydrogen) atoms. The van der Waals surface area contributed by atoms with E-state index in [1.54, 1.807) is 0 Å². The number of carbonyl (C=O) groups excluding carboxylic acids is 1. The van der Waals surface area contributed by atoms with Gasteiger partial charge in [0.15, 0.2) is 0 Å². The number of aryl methyl sites for hydroxylation is 1. The maximum atomic E-state index is 12.1. The van der Waals surface area contributed by atoms with E-state index in [1.165, 1.54) is 0 Å². The number of nitrogens with one attached hydrogen (secondary N) is 1. The van der Waals surface area contributed by atoms with Crippen molar-refractivity contribution in [3.05, 3.63) is 24.0 Å². The first-order valence-electron chi connectivity index (χ1n) is 6.78. The highest BCUT2D eigenvalue weighted by atomic mass is 16.1. The van der Waals surface area contributed by atoms with Crippen LogP contribution in [0.25, 0.3) is 0 Å². The van der Waals surface area contributed by atoms with Crippen LogP contribution < -0.4 is 11.1 Å². The zero-order valence-corrected chi connectivity index (χ0v) is 11.7. The fraction of sp³-hybridized carbons (Fsp3) is 0.643. The number of aromatic nitrogens is 1. The smallest absolute Gasteiger partial charge is 0.267 e. The molecule has 1 aromatic heterocycles. The van der Waals surface area contributed by atoms with Crippen molar-refractivity contribution in [1.82, 2.24) is 9.88 Å². The van der Waals surface area contributed by atoms with Crippen LogP contribution in [0, 0.1) is 0 Å². The van der Waals surface area contributed by atoms with Crippen molar-refractivity contribution in [1.29, 1.82) is 0 Å². The van der Waals surface area contributed by atoms with Gasteiger partial charge in [0.25, 0.3) is 5.91 Å². The van der Waals surface area contributed by atoms with Crippen LogP contribution in [0.5, 0.6) is 0 Å². The number of nitrogens with two attached hydrogens (primary N) is 1. The summed E-state index contributed by atoms with van der Waals surface area (Å²) in [5.41, 5.74) is 6.59. The minimum absolute atomic E-state index is 0.0369. The summed E-state index contributed by atoms with van der Waals surface area (Å²) in [7, 11) is 0. The summed E-state index contributed by atoms with van der Waals surface area (Å²) in [5, 5.41) is 2.94. The zero-order chi connectivity index (χ0) is 13.6. The van der Waals surface area contributed by atoms with Gasteiger partial charge in [-0.25, -0.2) is 0 Å². The van der Waals surface area contributed by atoms with E-state index in [4.69, 9.17) is 5.73 Å². The molecule has 0 aliphatic carbocycles. The van der Waals surface area contributed by atoms with Crippen LogP contribution in [0.3, 0.4) is 0 Å². The Labute approximate surface area is 110 Å². The van der Waals surface area contributed by atoms with Crippen molar-refractivity contribution in [3.63, 3.8) is 0 Å². The molecular formula is C14H25N3O. The number of hydrogen-bond acceptors (Lipinski definition) is 2. The van der Waals surface area contributed by atoms with Gasteiger partial charge in [0, 0.05) is 24.8 Å². The zero-order valence-electron chi connectivity index (χ0n) is 11.7. The molecular weight excluding hydrogens is 226 g/mol. The third-order valence-electron chi connectivity index (χ3n) is 3.54. The van der Waals surface area contributed by atoms with Gasteiger partial charge >= 0.3 is 0 Å². The average molecular weight is 251 g/mol. The molecule has 0 aliphatic rings. The number of amides is 1. The molecule has 0 aliphatic heterocycles. The minimum Gasteiger partial charge on any atom is -0.349 e. The van der Waals surface area contributed by atoms with Gasteiger partial charge in [-0.2, -0.15) is 0 Å². The molecule has 0 spiro atoms. The summed E-state index contributed by atoms with van der Waals surface area (Å²) in [6.07, 6.45) is 4.67. The molecule has 3 N–H and O–H groups in total. The van der Waals surface area contributed by atoms with E-state index in [2.05, 4.69) is 26.1 Å². The highest BCUT2D eigenvalue weighted by Crippen LogP contribution is 2.10. The highest BCUT2D eigenvalue weighted by molar-refractivity contribution is 5.92. The molecule has 1 rings (SSSR count). The van der Waals surface area contributed by atoms with Crippen LogP contribution in [0.2, 0.25) is 0 Å². The summed E-state index contributed by atoms with van der Waals surface area (Å²) in [4.78, 5) is 12.1. The van der Waals surface area contributed by atoms with Crippen molar-refractivity contribution < 1.29 is 4.79 Å². The normalized spacial score (nSPS) is 11.6. The van der Waals surface area contributed by atoms with Crippen molar-refractivity contribution in [2.24, 2.45) is 5.73 Å². The molecule has 4 nitrogen and oxygen atoms in total. The van der Waals surface area contributed by atoms with Crippen LogP contribution in [0.1, 0.15) is 50.5 Å². The predicted molar refractivity (Wildman–Crippen MR) is 74.6 cm³/mol. The van der Waals surface area contributed by atoms with Gasteiger partial charge in [-0.3, -0.25) is 4.79 Å². The molecule has 0 saturated carbocycles. The third-order valence-corrected chi connectivity index (χ3v) is 3.54. The molecule has 0 aromatic carbocycles. The second-order valence-electron chi connectivity index (χ2n) is 4.84. The van der Waals surface area contributed by atoms with E-state index in [9.17, 15) is 4.79 Å². The number of rotatable bonds is 7. The molecule has 4 heteroatoms. The Kier molecular flexibility index (Phi) is 5.41. The summed E-state index contributed by atoms with van der Waals surface area (Å²) in [5.74, 6) is -0.0369. The quantitative estimate of drug-likeness (QED) is 0.780. The fourth-order valence-corrected chi connectivity index (χ4v) is 1.90. The highest BCUT2D eigenvalue weighted by Gasteiger charge is 2.21. The van der Waals surface area contributed by atoms with Gasteiger partial charge in [0.1, 0.15) is 5.69 Å². The van der Waals surface area contributed by atoms with Crippen LogP contribution in [-0.4, -0.2) is 22.6 Å². The van der Waals surface area contributed by atoms with Gasteiger partial charge < -0.3 is 15.6 Å². The predicted octanol–water partition coefficient (Wildman–Crippen LogP) is 2.15. The van der Waals surface area contributed by atoms with E-state index in [0.29, 0.717) is 12.2 Å². The van der Waals surface area contributed by atoms with Crippen LogP contribution in [0.4, 0.5) is 0 Å². The Morgan fingerprint density at radius 1 is 1.39 bits per heavy atom. The van der Waals surface area contributed by atoms with Crippen molar-refractivity contribution in [2.45, 2.75) is 52.1 Å². The lowest BCUT2D eigenvalue weighted by Crippen LogP contribution is -2.49. The number of hydrogen-bond donors (Lipinski definition) is 2. The van der Waals surface area contributed by atoms with Crippen LogP contribution in [-0.2, 0) is 6.54 Å². The standard InChI is InChI=1S/C14H25N3O/c1-4-9-17-10-7-8-12(17)13(18)16-11-14(15,5-2)6-3/h7-8,10H,4-6,9,11,15H2,1-3H3,(H,16,18). The molecule has 0 fully saturated rings. The summed E-state index contributed by atoms with van der Waals surface area (Å²) < 4.78 is 1.98. The summed E-state index contributed by atoms with van der Waals surface area (Å²) >= 11 is 0. The molecule has 1 amide bonds. The molecule has 0 unspecified atom stereocenters. The number of nitrogens with zero attached hydrogens (tertiary/aromatic N) is 1. The largest absolute Gasteiger partial charge is 0.349 e. The number of carbonyl (C=O) groups is 1. The monoisotopic (exact) mass is 251 g/mol. The second-order valence-corrected chi connectivity index (χ2v) is 4.84. The maximum absolute atomic E-state index is 12.1.